The molecule has 1 aliphatic heterocycles. The second kappa shape index (κ2) is 5.94. The zero-order valence-corrected chi connectivity index (χ0v) is 11.9. The molecule has 2 rings (SSSR count). The smallest absolute Gasteiger partial charge is 0.0941 e. The third kappa shape index (κ3) is 3.76. The summed E-state index contributed by atoms with van der Waals surface area (Å²) in [5.41, 5.74) is 1.32. The molecule has 1 unspecified atom stereocenters. The molecule has 0 spiro atoms. The maximum Gasteiger partial charge on any atom is 0.0941 e. The quantitative estimate of drug-likeness (QED) is 0.871. The Labute approximate surface area is 108 Å². The second-order valence-electron chi connectivity index (χ2n) is 5.27. The van der Waals surface area contributed by atoms with Crippen molar-refractivity contribution in [3.05, 3.63) is 16.1 Å². The van der Waals surface area contributed by atoms with Crippen molar-refractivity contribution >= 4 is 11.3 Å². The van der Waals surface area contributed by atoms with Gasteiger partial charge in [0.1, 0.15) is 0 Å². The van der Waals surface area contributed by atoms with Crippen molar-refractivity contribution in [2.24, 2.45) is 0 Å². The summed E-state index contributed by atoms with van der Waals surface area (Å²) < 4.78 is 0. The van der Waals surface area contributed by atoms with Crippen LogP contribution in [0.3, 0.4) is 0 Å². The Morgan fingerprint density at radius 2 is 2.41 bits per heavy atom. The van der Waals surface area contributed by atoms with Crippen LogP contribution in [0.1, 0.15) is 36.9 Å². The lowest BCUT2D eigenvalue weighted by Gasteiger charge is -2.07. The molecule has 17 heavy (non-hydrogen) atoms. The second-order valence-corrected chi connectivity index (χ2v) is 6.22. The van der Waals surface area contributed by atoms with E-state index < -0.39 is 0 Å². The number of rotatable bonds is 5. The summed E-state index contributed by atoms with van der Waals surface area (Å²) in [5, 5.41) is 6.98. The minimum atomic E-state index is 0.568. The van der Waals surface area contributed by atoms with Crippen LogP contribution in [0.15, 0.2) is 5.38 Å². The maximum atomic E-state index is 4.78. The molecule has 1 aromatic rings. The predicted molar refractivity (Wildman–Crippen MR) is 73.8 cm³/mol. The van der Waals surface area contributed by atoms with Crippen LogP contribution < -0.4 is 5.32 Å². The summed E-state index contributed by atoms with van der Waals surface area (Å²) in [4.78, 5) is 7.17. The molecule has 0 saturated carbocycles. The first-order chi connectivity index (χ1) is 8.15. The number of likely N-dealkylation sites (tertiary alicyclic amines) is 1. The fourth-order valence-corrected chi connectivity index (χ4v) is 3.15. The van der Waals surface area contributed by atoms with Gasteiger partial charge in [0.25, 0.3) is 0 Å². The third-order valence-corrected chi connectivity index (χ3v) is 4.20. The maximum absolute atomic E-state index is 4.78. The fraction of sp³-hybridized carbons (Fsp3) is 0.769. The van der Waals surface area contributed by atoms with Crippen LogP contribution in [0, 0.1) is 0 Å². The van der Waals surface area contributed by atoms with Crippen LogP contribution in [0.2, 0.25) is 0 Å². The van der Waals surface area contributed by atoms with Gasteiger partial charge in [-0.1, -0.05) is 13.8 Å². The van der Waals surface area contributed by atoms with E-state index in [1.165, 1.54) is 30.2 Å². The van der Waals surface area contributed by atoms with E-state index in [0.717, 1.165) is 13.0 Å². The van der Waals surface area contributed by atoms with Crippen LogP contribution in [-0.2, 0) is 6.42 Å². The Hall–Kier alpha value is -0.450. The highest BCUT2D eigenvalue weighted by atomic mass is 32.1. The molecular weight excluding hydrogens is 230 g/mol. The van der Waals surface area contributed by atoms with Gasteiger partial charge in [-0.05, 0) is 20.0 Å². The van der Waals surface area contributed by atoms with Crippen molar-refractivity contribution in [2.75, 3.05) is 26.7 Å². The van der Waals surface area contributed by atoms with E-state index >= 15 is 0 Å². The lowest BCUT2D eigenvalue weighted by molar-refractivity contribution is 0.411. The summed E-state index contributed by atoms with van der Waals surface area (Å²) in [6, 6.07) is 0.568. The molecule has 1 fully saturated rings. The summed E-state index contributed by atoms with van der Waals surface area (Å²) in [5.74, 6) is 0.669. The van der Waals surface area contributed by atoms with Gasteiger partial charge in [0, 0.05) is 36.9 Å². The van der Waals surface area contributed by atoms with Crippen LogP contribution >= 0.6 is 11.3 Å². The van der Waals surface area contributed by atoms with E-state index in [1.807, 2.05) is 11.3 Å². The molecule has 1 N–H and O–H groups in total. The lowest BCUT2D eigenvalue weighted by Crippen LogP contribution is -2.24. The molecule has 1 atom stereocenters. The van der Waals surface area contributed by atoms with Gasteiger partial charge >= 0.3 is 0 Å². The molecule has 96 valence electrons. The Kier molecular flexibility index (Phi) is 4.54. The molecule has 0 radical (unpaired) electrons. The number of nitrogens with zero attached hydrogens (tertiary/aromatic N) is 2. The van der Waals surface area contributed by atoms with Crippen molar-refractivity contribution in [3.63, 3.8) is 0 Å². The minimum Gasteiger partial charge on any atom is -0.314 e. The topological polar surface area (TPSA) is 28.2 Å². The van der Waals surface area contributed by atoms with Gasteiger partial charge in [-0.15, -0.1) is 11.3 Å². The first-order valence-electron chi connectivity index (χ1n) is 6.51. The molecular formula is C13H23N3S. The molecule has 1 aliphatic rings. The zero-order valence-electron chi connectivity index (χ0n) is 11.1. The van der Waals surface area contributed by atoms with E-state index in [2.05, 4.69) is 36.5 Å². The number of thiazole rings is 1. The number of hydrogen-bond acceptors (Lipinski definition) is 4. The highest BCUT2D eigenvalue weighted by Crippen LogP contribution is 2.27. The summed E-state index contributed by atoms with van der Waals surface area (Å²) >= 11 is 1.82. The van der Waals surface area contributed by atoms with Crippen LogP contribution in [0.25, 0.3) is 0 Å². The number of nitrogens with one attached hydrogen (secondary N) is 1. The number of aromatic nitrogens is 1. The number of hydrogen-bond donors (Lipinski definition) is 1. The third-order valence-electron chi connectivity index (χ3n) is 3.27. The van der Waals surface area contributed by atoms with Gasteiger partial charge in [0.2, 0.25) is 0 Å². The molecule has 4 heteroatoms. The van der Waals surface area contributed by atoms with Gasteiger partial charge in [0.05, 0.1) is 10.7 Å². The molecule has 0 aromatic carbocycles. The molecule has 0 aliphatic carbocycles. The normalized spacial score (nSPS) is 21.5. The largest absolute Gasteiger partial charge is 0.314 e. The predicted octanol–water partition coefficient (Wildman–Crippen LogP) is 2.10. The van der Waals surface area contributed by atoms with Gasteiger partial charge in [-0.25, -0.2) is 4.98 Å². The van der Waals surface area contributed by atoms with Crippen molar-refractivity contribution in [3.8, 4) is 0 Å². The standard InChI is InChI=1S/C13H23N3S/c1-10(2)14-6-4-13-15-12(9-17-13)11-5-7-16(3)8-11/h9-11,14H,4-8H2,1-3H3. The van der Waals surface area contributed by atoms with E-state index in [1.54, 1.807) is 0 Å². The average Bonchev–Trinajstić information content (AvgIpc) is 2.86. The fourth-order valence-electron chi connectivity index (χ4n) is 2.27. The summed E-state index contributed by atoms with van der Waals surface area (Å²) in [6.45, 7) is 7.79. The van der Waals surface area contributed by atoms with Gasteiger partial charge < -0.3 is 10.2 Å². The summed E-state index contributed by atoms with van der Waals surface area (Å²) in [7, 11) is 2.19. The van der Waals surface area contributed by atoms with Gasteiger partial charge in [-0.2, -0.15) is 0 Å². The first kappa shape index (κ1) is 13.0. The Balaban J connectivity index is 1.83. The molecule has 0 amide bonds. The van der Waals surface area contributed by atoms with E-state index in [0.29, 0.717) is 12.0 Å². The minimum absolute atomic E-state index is 0.568. The van der Waals surface area contributed by atoms with E-state index in [9.17, 15) is 0 Å². The Morgan fingerprint density at radius 3 is 3.06 bits per heavy atom. The molecule has 1 saturated heterocycles. The summed E-state index contributed by atoms with van der Waals surface area (Å²) in [6.07, 6.45) is 2.33. The van der Waals surface area contributed by atoms with Crippen LogP contribution in [-0.4, -0.2) is 42.6 Å². The van der Waals surface area contributed by atoms with Crippen molar-refractivity contribution < 1.29 is 0 Å². The van der Waals surface area contributed by atoms with Crippen molar-refractivity contribution in [2.45, 2.75) is 38.6 Å². The van der Waals surface area contributed by atoms with E-state index in [4.69, 9.17) is 4.98 Å². The SMILES string of the molecule is CC(C)NCCc1nc(C2CCN(C)C2)cs1. The average molecular weight is 253 g/mol. The number of likely N-dealkylation sites (N-methyl/N-ethyl adjacent to an activating group) is 1. The van der Waals surface area contributed by atoms with Gasteiger partial charge in [-0.3, -0.25) is 0 Å². The molecule has 0 bridgehead atoms. The van der Waals surface area contributed by atoms with Gasteiger partial charge in [0.15, 0.2) is 0 Å². The van der Waals surface area contributed by atoms with Crippen molar-refractivity contribution in [1.82, 2.24) is 15.2 Å². The highest BCUT2D eigenvalue weighted by Gasteiger charge is 2.23. The monoisotopic (exact) mass is 253 g/mol. The molecule has 3 nitrogen and oxygen atoms in total. The van der Waals surface area contributed by atoms with E-state index in [-0.39, 0.29) is 0 Å². The van der Waals surface area contributed by atoms with Crippen LogP contribution in [0.4, 0.5) is 0 Å². The van der Waals surface area contributed by atoms with Crippen LogP contribution in [0.5, 0.6) is 0 Å². The molecule has 1 aromatic heterocycles. The lowest BCUT2D eigenvalue weighted by atomic mass is 10.1. The first-order valence-corrected chi connectivity index (χ1v) is 7.39. The Morgan fingerprint density at radius 1 is 1.59 bits per heavy atom. The highest BCUT2D eigenvalue weighted by molar-refractivity contribution is 7.09. The van der Waals surface area contributed by atoms with Crippen molar-refractivity contribution in [1.29, 1.82) is 0 Å². The molecule has 2 heterocycles. The zero-order chi connectivity index (χ0) is 12.3. The Bertz CT molecular complexity index is 348.